The standard InChI is InChI=1S/2C12H8N2.4C4H11O3P.2C3H7NO.2Mn/c2*1-3-9-5-6-10-4-2-8-14-12(10)11(9)13-7-1;4*1-4(2,3)8(5,6)7;2*1-4(2)3-5;;/h2*1-8H;4*1-3H3,(H2,5,6,7);2*3H,1-2H3;;/q;;;;;;;;2*+2/p-4. The average molecular weight is 1160 g/mol. The maximum Gasteiger partial charge on any atom is 2.00 e. The van der Waals surface area contributed by atoms with Gasteiger partial charge < -0.3 is 67.2 Å². The fourth-order valence-electron chi connectivity index (χ4n) is 3.36. The van der Waals surface area contributed by atoms with Crippen LogP contribution in [0.4, 0.5) is 0 Å². The fourth-order valence-corrected chi connectivity index (χ4v) is 3.36. The van der Waals surface area contributed by atoms with Crippen LogP contribution in [0, 0.1) is 0 Å². The minimum absolute atomic E-state index is 0. The van der Waals surface area contributed by atoms with Gasteiger partial charge in [-0.05, 0) is 24.3 Å². The van der Waals surface area contributed by atoms with Crippen LogP contribution in [0.15, 0.2) is 97.6 Å². The van der Waals surface area contributed by atoms with E-state index in [2.05, 4.69) is 68.5 Å². The number of carbonyl (C=O) groups excluding carboxylic acids is 2. The molecule has 6 aromatic rings. The van der Waals surface area contributed by atoms with Gasteiger partial charge >= 0.3 is 34.1 Å². The summed E-state index contributed by atoms with van der Waals surface area (Å²) in [6.07, 6.45) is 8.71. The molecule has 26 heteroatoms. The van der Waals surface area contributed by atoms with E-state index in [-0.39, 0.29) is 34.1 Å². The second kappa shape index (κ2) is 32.2. The molecule has 0 saturated carbocycles. The van der Waals surface area contributed by atoms with Crippen molar-refractivity contribution in [2.75, 3.05) is 28.2 Å². The predicted molar refractivity (Wildman–Crippen MR) is 272 cm³/mol. The Hall–Kier alpha value is -3.34. The summed E-state index contributed by atoms with van der Waals surface area (Å²) in [5.41, 5.74) is 3.91. The Morgan fingerprint density at radius 2 is 0.514 bits per heavy atom. The Morgan fingerprint density at radius 1 is 0.389 bits per heavy atom. The summed E-state index contributed by atoms with van der Waals surface area (Å²) in [6.45, 7) is 17.3. The van der Waals surface area contributed by atoms with Gasteiger partial charge in [-0.25, -0.2) is 0 Å². The Bertz CT molecular complexity index is 2380. The number of hydrogen-bond acceptors (Lipinski definition) is 14. The normalized spacial score (nSPS) is 14.1. The molecule has 20 nitrogen and oxygen atoms in total. The van der Waals surface area contributed by atoms with Gasteiger partial charge in [-0.2, -0.15) is 0 Å². The summed E-state index contributed by atoms with van der Waals surface area (Å²) in [7, 11) is -9.65. The molecule has 0 bridgehead atoms. The van der Waals surface area contributed by atoms with E-state index in [1.54, 1.807) is 53.0 Å². The van der Waals surface area contributed by atoms with Gasteiger partial charge in [0, 0.05) is 95.1 Å². The summed E-state index contributed by atoms with van der Waals surface area (Å²) in [6, 6.07) is 24.3. The zero-order valence-electron chi connectivity index (χ0n) is 43.5. The Kier molecular flexibility index (Phi) is 33.6. The largest absolute Gasteiger partial charge is 2.00 e. The molecule has 6 rings (SSSR count). The molecule has 2 aromatic carbocycles. The predicted octanol–water partition coefficient (Wildman–Crippen LogP) is 6.29. The van der Waals surface area contributed by atoms with Crippen molar-refractivity contribution >= 4 is 86.8 Å². The van der Waals surface area contributed by atoms with Crippen molar-refractivity contribution in [1.29, 1.82) is 0 Å². The van der Waals surface area contributed by atoms with Crippen molar-refractivity contribution < 1.29 is 101 Å². The average Bonchev–Trinajstić information content (AvgIpc) is 3.22. The molecular formula is C46H70Mn2N6O14P4. The van der Waals surface area contributed by atoms with Crippen LogP contribution in [0.5, 0.6) is 0 Å². The van der Waals surface area contributed by atoms with E-state index in [9.17, 15) is 47.4 Å². The molecule has 4 heterocycles. The Labute approximate surface area is 444 Å². The van der Waals surface area contributed by atoms with Gasteiger partial charge in [-0.15, -0.1) is 0 Å². The van der Waals surface area contributed by atoms with Gasteiger partial charge in [0.1, 0.15) is 30.4 Å². The van der Waals surface area contributed by atoms with Crippen molar-refractivity contribution in [3.8, 4) is 0 Å². The SMILES string of the molecule is CC(C)(C)P(=O)([O-])O.CC(C)(C)P(=O)([O-])O.CC(C)(C)P(=O)([O-])O.CC(C)(C)P(=O)([O-])O.CN(C)C=O.CN(C)C=O.[Mn+2].[Mn+2].c1cnc2c(c1)ccc1cccnc12.c1cnc2c(c1)ccc1cccnc12. The number of hydrogen-bond donors (Lipinski definition) is 4. The Balaban J connectivity index is -0.000000377. The van der Waals surface area contributed by atoms with E-state index in [4.69, 9.17) is 19.6 Å². The maximum absolute atomic E-state index is 10.2. The first-order valence-electron chi connectivity index (χ1n) is 21.0. The summed E-state index contributed by atoms with van der Waals surface area (Å²) >= 11 is 0. The number of pyridine rings is 4. The van der Waals surface area contributed by atoms with Crippen molar-refractivity contribution in [1.82, 2.24) is 29.7 Å². The number of benzene rings is 2. The topological polar surface area (TPSA) is 334 Å². The first-order valence-corrected chi connectivity index (χ1v) is 27.3. The molecule has 0 fully saturated rings. The van der Waals surface area contributed by atoms with Crippen molar-refractivity contribution in [2.45, 2.75) is 104 Å². The minimum atomic E-state index is -4.10. The number of nitrogens with zero attached hydrogens (tertiary/aromatic N) is 6. The third-order valence-electron chi connectivity index (χ3n) is 8.50. The molecule has 72 heavy (non-hydrogen) atoms. The molecule has 0 aliphatic carbocycles. The summed E-state index contributed by atoms with van der Waals surface area (Å²) in [5, 5.41) is 0.523. The van der Waals surface area contributed by atoms with Crippen LogP contribution in [-0.4, -0.2) is 111 Å². The number of amides is 2. The molecule has 0 spiro atoms. The third-order valence-corrected chi connectivity index (χ3v) is 15.3. The minimum Gasteiger partial charge on any atom is -0.778 e. The summed E-state index contributed by atoms with van der Waals surface area (Å²) in [5.74, 6) is 0. The van der Waals surface area contributed by atoms with E-state index < -0.39 is 51.0 Å². The molecule has 0 saturated heterocycles. The van der Waals surface area contributed by atoms with Crippen molar-refractivity contribution in [3.63, 3.8) is 0 Å². The first-order chi connectivity index (χ1) is 31.4. The van der Waals surface area contributed by atoms with Crippen molar-refractivity contribution in [3.05, 3.63) is 97.6 Å². The zero-order valence-corrected chi connectivity index (χ0v) is 49.4. The van der Waals surface area contributed by atoms with Crippen LogP contribution in [0.3, 0.4) is 0 Å². The molecule has 2 radical (unpaired) electrons. The Morgan fingerprint density at radius 3 is 0.611 bits per heavy atom. The molecule has 0 aliphatic rings. The van der Waals surface area contributed by atoms with Gasteiger partial charge in [0.2, 0.25) is 12.8 Å². The molecule has 4 unspecified atom stereocenters. The first kappa shape index (κ1) is 75.2. The number of fused-ring (bicyclic) bond motifs is 6. The van der Waals surface area contributed by atoms with E-state index in [1.807, 2.05) is 24.3 Å². The van der Waals surface area contributed by atoms with E-state index in [0.29, 0.717) is 0 Å². The van der Waals surface area contributed by atoms with Gasteiger partial charge in [0.15, 0.2) is 0 Å². The number of carbonyl (C=O) groups is 2. The molecule has 4 atom stereocenters. The third kappa shape index (κ3) is 29.5. The summed E-state index contributed by atoms with van der Waals surface area (Å²) in [4.78, 5) is 113. The quantitative estimate of drug-likeness (QED) is 0.0640. The second-order valence-corrected chi connectivity index (χ2v) is 28.9. The summed E-state index contributed by atoms with van der Waals surface area (Å²) < 4.78 is 40.9. The van der Waals surface area contributed by atoms with Crippen LogP contribution in [0.25, 0.3) is 43.6 Å². The van der Waals surface area contributed by atoms with Crippen LogP contribution >= 0.6 is 30.4 Å². The van der Waals surface area contributed by atoms with Crippen LogP contribution < -0.4 is 19.6 Å². The zero-order chi connectivity index (χ0) is 55.3. The number of aromatic nitrogens is 4. The van der Waals surface area contributed by atoms with Gasteiger partial charge in [0.05, 0.1) is 22.1 Å². The van der Waals surface area contributed by atoms with E-state index >= 15 is 0 Å². The van der Waals surface area contributed by atoms with Crippen LogP contribution in [-0.2, 0) is 62.0 Å². The van der Waals surface area contributed by atoms with Gasteiger partial charge in [0.25, 0.3) is 0 Å². The van der Waals surface area contributed by atoms with E-state index in [0.717, 1.165) is 56.4 Å². The fraction of sp³-hybridized carbons (Fsp3) is 0.435. The van der Waals surface area contributed by atoms with Crippen molar-refractivity contribution in [2.24, 2.45) is 0 Å². The molecular weight excluding hydrogens is 1090 g/mol. The number of rotatable bonds is 2. The van der Waals surface area contributed by atoms with Crippen LogP contribution in [0.2, 0.25) is 0 Å². The van der Waals surface area contributed by atoms with Gasteiger partial charge in [-0.3, -0.25) is 29.5 Å². The van der Waals surface area contributed by atoms with Gasteiger partial charge in [-0.1, -0.05) is 132 Å². The maximum atomic E-state index is 10.2. The molecule has 4 N–H and O–H groups in total. The molecule has 402 valence electrons. The van der Waals surface area contributed by atoms with E-state index in [1.165, 1.54) is 92.9 Å². The smallest absolute Gasteiger partial charge is 0.778 e. The monoisotopic (exact) mass is 1160 g/mol. The molecule has 4 aromatic heterocycles. The molecule has 2 amide bonds. The van der Waals surface area contributed by atoms with Crippen LogP contribution in [0.1, 0.15) is 83.1 Å². The molecule has 0 aliphatic heterocycles. The second-order valence-electron chi connectivity index (χ2n) is 19.3.